The van der Waals surface area contributed by atoms with Crippen LogP contribution in [-0.2, 0) is 9.59 Å². The van der Waals surface area contributed by atoms with E-state index in [1.54, 1.807) is 0 Å². The fourth-order valence-electron chi connectivity index (χ4n) is 1.33. The average Bonchev–Trinajstić information content (AvgIpc) is 2.25. The van der Waals surface area contributed by atoms with Gasteiger partial charge in [0.25, 0.3) is 0 Å². The highest BCUT2D eigenvalue weighted by Crippen LogP contribution is 2.13. The summed E-state index contributed by atoms with van der Waals surface area (Å²) in [6.07, 6.45) is -0.176. The van der Waals surface area contributed by atoms with Crippen LogP contribution in [0.25, 0.3) is 0 Å². The van der Waals surface area contributed by atoms with Gasteiger partial charge in [-0.25, -0.2) is 4.39 Å². The van der Waals surface area contributed by atoms with Gasteiger partial charge in [-0.05, 0) is 17.7 Å². The van der Waals surface area contributed by atoms with Crippen LogP contribution < -0.4 is 5.32 Å². The van der Waals surface area contributed by atoms with Gasteiger partial charge in [-0.1, -0.05) is 12.1 Å². The minimum absolute atomic E-state index is 0.0314. The summed E-state index contributed by atoms with van der Waals surface area (Å²) in [6.45, 7) is 0.0314. The predicted octanol–water partition coefficient (Wildman–Crippen LogP) is 1.02. The van der Waals surface area contributed by atoms with Crippen LogP contribution in [0.2, 0.25) is 0 Å². The molecule has 3 N–H and O–H groups in total. The summed E-state index contributed by atoms with van der Waals surface area (Å²) in [6, 6.07) is 3.98. The predicted molar refractivity (Wildman–Crippen MR) is 57.0 cm³/mol. The van der Waals surface area contributed by atoms with Crippen LogP contribution in [0.3, 0.4) is 0 Å². The van der Waals surface area contributed by atoms with E-state index >= 15 is 0 Å². The SMILES string of the molecule is O=C(O)CCNC(C(=O)O)c1ccc(F)cc1. The summed E-state index contributed by atoms with van der Waals surface area (Å²) >= 11 is 0. The highest BCUT2D eigenvalue weighted by molar-refractivity contribution is 5.75. The third kappa shape index (κ3) is 4.20. The maximum absolute atomic E-state index is 12.7. The molecule has 0 heterocycles. The summed E-state index contributed by atoms with van der Waals surface area (Å²) < 4.78 is 12.7. The summed E-state index contributed by atoms with van der Waals surface area (Å²) in [5.41, 5.74) is 0.379. The van der Waals surface area contributed by atoms with Crippen molar-refractivity contribution in [3.05, 3.63) is 35.6 Å². The second-order valence-electron chi connectivity index (χ2n) is 3.42. The zero-order valence-electron chi connectivity index (χ0n) is 8.89. The topological polar surface area (TPSA) is 86.6 Å². The van der Waals surface area contributed by atoms with Crippen molar-refractivity contribution in [3.63, 3.8) is 0 Å². The van der Waals surface area contributed by atoms with Crippen LogP contribution in [0, 0.1) is 5.82 Å². The number of hydrogen-bond donors (Lipinski definition) is 3. The normalized spacial score (nSPS) is 12.1. The summed E-state index contributed by atoms with van der Waals surface area (Å²) in [5.74, 6) is -2.61. The molecule has 0 aliphatic rings. The molecule has 0 aliphatic carbocycles. The van der Waals surface area contributed by atoms with Crippen molar-refractivity contribution < 1.29 is 24.2 Å². The van der Waals surface area contributed by atoms with E-state index in [1.165, 1.54) is 12.1 Å². The summed E-state index contributed by atoms with van der Waals surface area (Å²) in [7, 11) is 0. The van der Waals surface area contributed by atoms with Gasteiger partial charge in [0, 0.05) is 6.54 Å². The molecule has 92 valence electrons. The number of rotatable bonds is 6. The Bertz CT molecular complexity index is 404. The molecule has 1 aromatic rings. The molecule has 1 atom stereocenters. The van der Waals surface area contributed by atoms with E-state index in [9.17, 15) is 14.0 Å². The largest absolute Gasteiger partial charge is 0.481 e. The molecule has 0 bridgehead atoms. The van der Waals surface area contributed by atoms with E-state index < -0.39 is 23.8 Å². The minimum atomic E-state index is -1.14. The van der Waals surface area contributed by atoms with Crippen LogP contribution in [-0.4, -0.2) is 28.7 Å². The maximum Gasteiger partial charge on any atom is 0.325 e. The molecule has 0 saturated heterocycles. The van der Waals surface area contributed by atoms with E-state index in [1.807, 2.05) is 0 Å². The number of carboxylic acids is 2. The van der Waals surface area contributed by atoms with Crippen LogP contribution in [0.4, 0.5) is 4.39 Å². The first-order valence-electron chi connectivity index (χ1n) is 4.94. The lowest BCUT2D eigenvalue weighted by Gasteiger charge is -2.13. The molecular weight excluding hydrogens is 229 g/mol. The minimum Gasteiger partial charge on any atom is -0.481 e. The smallest absolute Gasteiger partial charge is 0.325 e. The third-order valence-electron chi connectivity index (χ3n) is 2.14. The van der Waals surface area contributed by atoms with Crippen LogP contribution in [0.15, 0.2) is 24.3 Å². The first-order valence-corrected chi connectivity index (χ1v) is 4.94. The lowest BCUT2D eigenvalue weighted by atomic mass is 10.1. The van der Waals surface area contributed by atoms with E-state index in [0.29, 0.717) is 5.56 Å². The standard InChI is InChI=1S/C11H12FNO4/c12-8-3-1-7(2-4-8)10(11(16)17)13-6-5-9(14)15/h1-4,10,13H,5-6H2,(H,14,15)(H,16,17). The van der Waals surface area contributed by atoms with Gasteiger partial charge >= 0.3 is 11.9 Å². The van der Waals surface area contributed by atoms with E-state index in [2.05, 4.69) is 5.32 Å². The third-order valence-corrected chi connectivity index (χ3v) is 2.14. The molecule has 0 spiro atoms. The van der Waals surface area contributed by atoms with Crippen molar-refractivity contribution in [1.29, 1.82) is 0 Å². The van der Waals surface area contributed by atoms with Crippen molar-refractivity contribution in [3.8, 4) is 0 Å². The molecular formula is C11H12FNO4. The van der Waals surface area contributed by atoms with Crippen molar-refractivity contribution in [2.24, 2.45) is 0 Å². The summed E-state index contributed by atoms with van der Waals surface area (Å²) in [4.78, 5) is 21.3. The highest BCUT2D eigenvalue weighted by Gasteiger charge is 2.19. The van der Waals surface area contributed by atoms with Gasteiger partial charge < -0.3 is 15.5 Å². The summed E-state index contributed by atoms with van der Waals surface area (Å²) in [5, 5.41) is 20.0. The zero-order valence-corrected chi connectivity index (χ0v) is 8.89. The Labute approximate surface area is 96.9 Å². The number of carbonyl (C=O) groups is 2. The molecule has 0 radical (unpaired) electrons. The average molecular weight is 241 g/mol. The van der Waals surface area contributed by atoms with Gasteiger partial charge in [0.2, 0.25) is 0 Å². The zero-order chi connectivity index (χ0) is 12.8. The van der Waals surface area contributed by atoms with E-state index in [-0.39, 0.29) is 13.0 Å². The second-order valence-corrected chi connectivity index (χ2v) is 3.42. The fourth-order valence-corrected chi connectivity index (χ4v) is 1.33. The molecule has 0 saturated carbocycles. The van der Waals surface area contributed by atoms with Crippen molar-refractivity contribution in [2.45, 2.75) is 12.5 Å². The van der Waals surface area contributed by atoms with Crippen LogP contribution in [0.1, 0.15) is 18.0 Å². The van der Waals surface area contributed by atoms with Crippen molar-refractivity contribution in [1.82, 2.24) is 5.32 Å². The first-order chi connectivity index (χ1) is 8.00. The molecule has 17 heavy (non-hydrogen) atoms. The molecule has 0 fully saturated rings. The van der Waals surface area contributed by atoms with Gasteiger partial charge in [0.15, 0.2) is 0 Å². The molecule has 0 aromatic heterocycles. The number of aliphatic carboxylic acids is 2. The van der Waals surface area contributed by atoms with Crippen LogP contribution >= 0.6 is 0 Å². The second kappa shape index (κ2) is 5.95. The maximum atomic E-state index is 12.7. The Kier molecular flexibility index (Phi) is 4.59. The monoisotopic (exact) mass is 241 g/mol. The van der Waals surface area contributed by atoms with Crippen molar-refractivity contribution >= 4 is 11.9 Å². The van der Waals surface area contributed by atoms with E-state index in [0.717, 1.165) is 12.1 Å². The molecule has 1 aromatic carbocycles. The van der Waals surface area contributed by atoms with Crippen molar-refractivity contribution in [2.75, 3.05) is 6.54 Å². The van der Waals surface area contributed by atoms with Gasteiger partial charge in [-0.2, -0.15) is 0 Å². The lowest BCUT2D eigenvalue weighted by molar-refractivity contribution is -0.141. The van der Waals surface area contributed by atoms with E-state index in [4.69, 9.17) is 10.2 Å². The quantitative estimate of drug-likeness (QED) is 0.692. The molecule has 6 heteroatoms. The number of nitrogens with one attached hydrogen (secondary N) is 1. The molecule has 1 rings (SSSR count). The molecule has 0 aliphatic heterocycles. The number of halogens is 1. The van der Waals surface area contributed by atoms with Gasteiger partial charge in [0.05, 0.1) is 6.42 Å². The lowest BCUT2D eigenvalue weighted by Crippen LogP contribution is -2.30. The highest BCUT2D eigenvalue weighted by atomic mass is 19.1. The molecule has 0 amide bonds. The molecule has 1 unspecified atom stereocenters. The number of hydrogen-bond acceptors (Lipinski definition) is 3. The van der Waals surface area contributed by atoms with Gasteiger partial charge in [-0.15, -0.1) is 0 Å². The van der Waals surface area contributed by atoms with Gasteiger partial charge in [0.1, 0.15) is 11.9 Å². The van der Waals surface area contributed by atoms with Gasteiger partial charge in [-0.3, -0.25) is 9.59 Å². The Balaban J connectivity index is 2.69. The first kappa shape index (κ1) is 13.1. The number of benzene rings is 1. The molecule has 5 nitrogen and oxygen atoms in total. The number of carboxylic acid groups (broad SMARTS) is 2. The fraction of sp³-hybridized carbons (Fsp3) is 0.273. The Morgan fingerprint density at radius 3 is 2.29 bits per heavy atom. The van der Waals surface area contributed by atoms with Crippen LogP contribution in [0.5, 0.6) is 0 Å². The Morgan fingerprint density at radius 1 is 1.24 bits per heavy atom. The Morgan fingerprint density at radius 2 is 1.82 bits per heavy atom. The Hall–Kier alpha value is -1.95.